The summed E-state index contributed by atoms with van der Waals surface area (Å²) in [6.45, 7) is 1.89. The highest BCUT2D eigenvalue weighted by atomic mass is 35.5. The standard InChI is InChI=1S/C28H29ClF2N6O3S/c1-15-25(32)21(26(33-2)16-8-18(10-19(29)9-16)28(5-6-28)36-41(3,39)40)4-7-37(15)27(38)23-12-20(30)11-22(24(23)31)17-13-34-35-14-17/h8-15,36H,4-7,32H2,1-3H3,(H,34,35)/t15-/m0/s1. The number of hydrogen-bond donors (Lipinski definition) is 3. The fourth-order valence-corrected chi connectivity index (χ4v) is 6.67. The predicted molar refractivity (Wildman–Crippen MR) is 153 cm³/mol. The zero-order chi connectivity index (χ0) is 29.7. The second kappa shape index (κ2) is 10.7. The molecule has 1 saturated carbocycles. The topological polar surface area (TPSA) is 134 Å². The van der Waals surface area contributed by atoms with Crippen molar-refractivity contribution in [2.24, 2.45) is 10.7 Å². The highest BCUT2D eigenvalue weighted by Crippen LogP contribution is 2.47. The Labute approximate surface area is 241 Å². The van der Waals surface area contributed by atoms with Gasteiger partial charge in [0.2, 0.25) is 10.0 Å². The molecule has 1 aromatic heterocycles. The summed E-state index contributed by atoms with van der Waals surface area (Å²) in [6, 6.07) is 6.56. The van der Waals surface area contributed by atoms with Gasteiger partial charge >= 0.3 is 0 Å². The third-order valence-electron chi connectivity index (χ3n) is 7.57. The summed E-state index contributed by atoms with van der Waals surface area (Å²) >= 11 is 6.47. The van der Waals surface area contributed by atoms with E-state index < -0.39 is 44.7 Å². The summed E-state index contributed by atoms with van der Waals surface area (Å²) in [5.74, 6) is -2.29. The number of aliphatic imine (C=N–C) groups is 1. The van der Waals surface area contributed by atoms with E-state index in [1.165, 1.54) is 17.3 Å². The number of sulfonamides is 1. The Bertz CT molecular complexity index is 1700. The van der Waals surface area contributed by atoms with Gasteiger partial charge in [0, 0.05) is 52.8 Å². The first-order valence-corrected chi connectivity index (χ1v) is 15.2. The molecule has 4 N–H and O–H groups in total. The molecule has 1 aliphatic carbocycles. The molecule has 1 atom stereocenters. The van der Waals surface area contributed by atoms with E-state index in [0.29, 0.717) is 52.4 Å². The molecule has 2 aromatic carbocycles. The Morgan fingerprint density at radius 1 is 1.24 bits per heavy atom. The lowest BCUT2D eigenvalue weighted by Gasteiger charge is -2.36. The van der Waals surface area contributed by atoms with Gasteiger partial charge in [-0.2, -0.15) is 5.10 Å². The van der Waals surface area contributed by atoms with Gasteiger partial charge in [0.15, 0.2) is 0 Å². The Kier molecular flexibility index (Phi) is 7.51. The van der Waals surface area contributed by atoms with Gasteiger partial charge in [-0.25, -0.2) is 21.9 Å². The predicted octanol–water partition coefficient (Wildman–Crippen LogP) is 4.11. The number of benzene rings is 2. The Morgan fingerprint density at radius 3 is 2.59 bits per heavy atom. The van der Waals surface area contributed by atoms with Crippen LogP contribution in [0.3, 0.4) is 0 Å². The van der Waals surface area contributed by atoms with Gasteiger partial charge < -0.3 is 10.6 Å². The van der Waals surface area contributed by atoms with Crippen LogP contribution < -0.4 is 10.5 Å². The van der Waals surface area contributed by atoms with Gasteiger partial charge in [0.05, 0.1) is 35.3 Å². The molecule has 1 amide bonds. The zero-order valence-corrected chi connectivity index (χ0v) is 24.2. The number of hydrogen-bond acceptors (Lipinski definition) is 6. The highest BCUT2D eigenvalue weighted by molar-refractivity contribution is 7.88. The van der Waals surface area contributed by atoms with Crippen LogP contribution in [0.1, 0.15) is 47.7 Å². The minimum atomic E-state index is -3.46. The van der Waals surface area contributed by atoms with Crippen LogP contribution >= 0.6 is 11.6 Å². The van der Waals surface area contributed by atoms with Crippen molar-refractivity contribution >= 4 is 33.2 Å². The largest absolute Gasteiger partial charge is 0.400 e. The smallest absolute Gasteiger partial charge is 0.257 e. The van der Waals surface area contributed by atoms with Crippen molar-refractivity contribution < 1.29 is 22.0 Å². The lowest BCUT2D eigenvalue weighted by atomic mass is 9.90. The molecule has 0 spiro atoms. The van der Waals surface area contributed by atoms with Gasteiger partial charge in [0.25, 0.3) is 5.91 Å². The Hall–Kier alpha value is -3.61. The third kappa shape index (κ3) is 5.64. The fraction of sp³-hybridized carbons (Fsp3) is 0.321. The van der Waals surface area contributed by atoms with E-state index >= 15 is 4.39 Å². The molecule has 2 heterocycles. The maximum atomic E-state index is 15.4. The van der Waals surface area contributed by atoms with Gasteiger partial charge in [-0.3, -0.25) is 14.9 Å². The first kappa shape index (κ1) is 28.9. The number of nitrogens with one attached hydrogen (secondary N) is 2. The van der Waals surface area contributed by atoms with Crippen LogP contribution in [-0.2, 0) is 15.6 Å². The second-order valence-electron chi connectivity index (χ2n) is 10.4. The van der Waals surface area contributed by atoms with Crippen molar-refractivity contribution in [1.29, 1.82) is 0 Å². The molecule has 0 radical (unpaired) electrons. The number of amides is 1. The van der Waals surface area contributed by atoms with Crippen LogP contribution in [0.25, 0.3) is 11.1 Å². The van der Waals surface area contributed by atoms with Crippen molar-refractivity contribution in [2.75, 3.05) is 19.8 Å². The van der Waals surface area contributed by atoms with E-state index in [0.717, 1.165) is 24.0 Å². The van der Waals surface area contributed by atoms with E-state index in [1.54, 1.807) is 26.1 Å². The van der Waals surface area contributed by atoms with E-state index in [-0.39, 0.29) is 12.1 Å². The van der Waals surface area contributed by atoms with E-state index in [1.807, 2.05) is 6.07 Å². The number of halogens is 3. The molecule has 13 heteroatoms. The number of nitrogens with two attached hydrogens (primary N) is 1. The van der Waals surface area contributed by atoms with Crippen LogP contribution in [0.2, 0.25) is 5.02 Å². The number of H-pyrrole nitrogens is 1. The average molecular weight is 603 g/mol. The molecular formula is C28H29ClF2N6O3S. The molecule has 9 nitrogen and oxygen atoms in total. The highest BCUT2D eigenvalue weighted by Gasteiger charge is 2.47. The van der Waals surface area contributed by atoms with Gasteiger partial charge in [-0.1, -0.05) is 11.6 Å². The van der Waals surface area contributed by atoms with Crippen molar-refractivity contribution in [3.8, 4) is 11.1 Å². The van der Waals surface area contributed by atoms with Crippen molar-refractivity contribution in [1.82, 2.24) is 19.8 Å². The minimum absolute atomic E-state index is 0.0769. The molecule has 0 bridgehead atoms. The van der Waals surface area contributed by atoms with Crippen molar-refractivity contribution in [3.63, 3.8) is 0 Å². The molecule has 0 saturated heterocycles. The first-order chi connectivity index (χ1) is 19.3. The van der Waals surface area contributed by atoms with Crippen molar-refractivity contribution in [2.45, 2.75) is 37.8 Å². The van der Waals surface area contributed by atoms with Crippen LogP contribution in [0, 0.1) is 11.6 Å². The maximum Gasteiger partial charge on any atom is 0.257 e. The summed E-state index contributed by atoms with van der Waals surface area (Å²) in [6.07, 6.45) is 5.45. The molecule has 41 heavy (non-hydrogen) atoms. The summed E-state index contributed by atoms with van der Waals surface area (Å²) in [5, 5.41) is 6.74. The van der Waals surface area contributed by atoms with Crippen LogP contribution in [0.15, 0.2) is 59.0 Å². The molecule has 216 valence electrons. The monoisotopic (exact) mass is 602 g/mol. The zero-order valence-electron chi connectivity index (χ0n) is 22.6. The molecule has 1 aliphatic heterocycles. The number of aromatic amines is 1. The van der Waals surface area contributed by atoms with Crippen LogP contribution in [0.5, 0.6) is 0 Å². The Morgan fingerprint density at radius 2 is 1.98 bits per heavy atom. The van der Waals surface area contributed by atoms with E-state index in [2.05, 4.69) is 19.9 Å². The number of carbonyl (C=O) groups excluding carboxylic acids is 1. The van der Waals surface area contributed by atoms with Crippen LogP contribution in [0.4, 0.5) is 8.78 Å². The molecule has 0 unspecified atom stereocenters. The maximum absolute atomic E-state index is 15.4. The van der Waals surface area contributed by atoms with E-state index in [4.69, 9.17) is 17.3 Å². The average Bonchev–Trinajstić information content (AvgIpc) is 3.46. The summed E-state index contributed by atoms with van der Waals surface area (Å²) in [4.78, 5) is 19.4. The number of aromatic nitrogens is 2. The summed E-state index contributed by atoms with van der Waals surface area (Å²) in [5.41, 5.74) is 8.67. The lowest BCUT2D eigenvalue weighted by Crippen LogP contribution is -2.46. The Balaban J connectivity index is 1.46. The second-order valence-corrected chi connectivity index (χ2v) is 12.6. The number of rotatable bonds is 7. The SMILES string of the molecule is CN=C(C1=C(N)[C@H](C)N(C(=O)c2cc(F)cc(-c3cn[nH]c3)c2F)CC1)c1cc(Cl)cc(C2(NS(C)(=O)=O)CC2)c1. The third-order valence-corrected chi connectivity index (χ3v) is 8.55. The summed E-state index contributed by atoms with van der Waals surface area (Å²) < 4.78 is 56.6. The van der Waals surface area contributed by atoms with E-state index in [9.17, 15) is 17.6 Å². The quantitative estimate of drug-likeness (QED) is 0.350. The number of nitrogens with zero attached hydrogens (tertiary/aromatic N) is 3. The van der Waals surface area contributed by atoms with Crippen LogP contribution in [-0.4, -0.2) is 61.0 Å². The normalized spacial score (nSPS) is 19.0. The molecule has 3 aromatic rings. The van der Waals surface area contributed by atoms with Gasteiger partial charge in [0.1, 0.15) is 11.6 Å². The molecule has 2 aliphatic rings. The molecule has 1 fully saturated rings. The fourth-order valence-electron chi connectivity index (χ4n) is 5.40. The van der Waals surface area contributed by atoms with Gasteiger partial charge in [-0.05, 0) is 62.1 Å². The van der Waals surface area contributed by atoms with Crippen molar-refractivity contribution in [3.05, 3.63) is 87.3 Å². The molecular weight excluding hydrogens is 574 g/mol. The number of carbonyl (C=O) groups is 1. The first-order valence-electron chi connectivity index (χ1n) is 12.9. The molecule has 5 rings (SSSR count). The lowest BCUT2D eigenvalue weighted by molar-refractivity contribution is 0.0701. The van der Waals surface area contributed by atoms with Gasteiger partial charge in [-0.15, -0.1) is 0 Å². The minimum Gasteiger partial charge on any atom is -0.400 e. The summed E-state index contributed by atoms with van der Waals surface area (Å²) in [7, 11) is -1.85.